The van der Waals surface area contributed by atoms with Crippen LogP contribution < -0.4 is 5.32 Å². The fraction of sp³-hybridized carbons (Fsp3) is 0.929. The van der Waals surface area contributed by atoms with Crippen molar-refractivity contribution in [1.29, 1.82) is 0 Å². The average Bonchev–Trinajstić information content (AvgIpc) is 2.39. The van der Waals surface area contributed by atoms with Crippen LogP contribution in [0.1, 0.15) is 39.5 Å². The van der Waals surface area contributed by atoms with Crippen molar-refractivity contribution in [2.24, 2.45) is 5.92 Å². The lowest BCUT2D eigenvalue weighted by Crippen LogP contribution is -2.49. The van der Waals surface area contributed by atoms with Crippen LogP contribution in [0.3, 0.4) is 0 Å². The molecule has 2 aliphatic rings. The molecule has 1 amide bonds. The first-order chi connectivity index (χ1) is 8.70. The van der Waals surface area contributed by atoms with Gasteiger partial charge in [-0.15, -0.1) is 0 Å². The molecule has 2 saturated heterocycles. The van der Waals surface area contributed by atoms with Gasteiger partial charge in [-0.3, -0.25) is 4.79 Å². The fourth-order valence-corrected chi connectivity index (χ4v) is 2.98. The molecular weight excluding hydrogens is 228 g/mol. The number of ether oxygens (including phenoxy) is 1. The smallest absolute Gasteiger partial charge is 0.227 e. The molecule has 0 spiro atoms. The van der Waals surface area contributed by atoms with Crippen molar-refractivity contribution < 1.29 is 9.53 Å². The quantitative estimate of drug-likeness (QED) is 0.828. The van der Waals surface area contributed by atoms with E-state index >= 15 is 0 Å². The Bertz CT molecular complexity index is 273. The lowest BCUT2D eigenvalue weighted by atomic mass is 9.93. The summed E-state index contributed by atoms with van der Waals surface area (Å²) in [6.45, 7) is 7.50. The predicted octanol–water partition coefficient (Wildman–Crippen LogP) is 1.40. The van der Waals surface area contributed by atoms with Crippen molar-refractivity contribution in [1.82, 2.24) is 10.2 Å². The molecule has 4 heteroatoms. The van der Waals surface area contributed by atoms with Crippen molar-refractivity contribution in [2.75, 3.05) is 26.2 Å². The van der Waals surface area contributed by atoms with Gasteiger partial charge in [0, 0.05) is 32.3 Å². The van der Waals surface area contributed by atoms with Crippen molar-refractivity contribution >= 4 is 5.91 Å². The molecule has 3 unspecified atom stereocenters. The van der Waals surface area contributed by atoms with E-state index in [0.717, 1.165) is 51.9 Å². The molecule has 0 bridgehead atoms. The minimum absolute atomic E-state index is 0.182. The Morgan fingerprint density at radius 2 is 2.22 bits per heavy atom. The Labute approximate surface area is 110 Å². The molecule has 0 radical (unpaired) electrons. The van der Waals surface area contributed by atoms with Gasteiger partial charge >= 0.3 is 0 Å². The Balaban J connectivity index is 1.84. The maximum absolute atomic E-state index is 12.4. The number of hydrogen-bond donors (Lipinski definition) is 1. The van der Waals surface area contributed by atoms with Gasteiger partial charge in [0.2, 0.25) is 5.91 Å². The highest BCUT2D eigenvalue weighted by Crippen LogP contribution is 2.20. The number of carbonyl (C=O) groups excluding carboxylic acids is 1. The summed E-state index contributed by atoms with van der Waals surface area (Å²) in [4.78, 5) is 14.5. The number of nitrogens with one attached hydrogen (secondary N) is 1. The molecule has 104 valence electrons. The summed E-state index contributed by atoms with van der Waals surface area (Å²) < 4.78 is 5.66. The van der Waals surface area contributed by atoms with Gasteiger partial charge in [-0.1, -0.05) is 0 Å². The number of likely N-dealkylation sites (tertiary alicyclic amines) is 1. The van der Waals surface area contributed by atoms with E-state index in [4.69, 9.17) is 4.74 Å². The topological polar surface area (TPSA) is 41.6 Å². The first-order valence-corrected chi connectivity index (χ1v) is 7.34. The van der Waals surface area contributed by atoms with Crippen LogP contribution in [-0.4, -0.2) is 49.2 Å². The van der Waals surface area contributed by atoms with E-state index in [0.29, 0.717) is 11.9 Å². The second kappa shape index (κ2) is 6.53. The largest absolute Gasteiger partial charge is 0.377 e. The van der Waals surface area contributed by atoms with Gasteiger partial charge in [0.05, 0.1) is 12.0 Å². The Hall–Kier alpha value is -0.610. The Morgan fingerprint density at radius 1 is 1.39 bits per heavy atom. The van der Waals surface area contributed by atoms with Crippen LogP contribution in [0.25, 0.3) is 0 Å². The average molecular weight is 254 g/mol. The van der Waals surface area contributed by atoms with Crippen LogP contribution in [0.4, 0.5) is 0 Å². The van der Waals surface area contributed by atoms with Gasteiger partial charge in [0.15, 0.2) is 0 Å². The zero-order valence-corrected chi connectivity index (χ0v) is 11.7. The van der Waals surface area contributed by atoms with Crippen LogP contribution in [0.2, 0.25) is 0 Å². The normalized spacial score (nSPS) is 33.4. The lowest BCUT2D eigenvalue weighted by Gasteiger charge is -2.36. The third kappa shape index (κ3) is 3.45. The number of carbonyl (C=O) groups is 1. The number of rotatable bonds is 3. The SMILES string of the molecule is CCOC1CCCN(C(=O)C2CCC(C)NC2)C1. The third-order valence-electron chi connectivity index (χ3n) is 4.10. The summed E-state index contributed by atoms with van der Waals surface area (Å²) in [6, 6.07) is 0.562. The number of amides is 1. The van der Waals surface area contributed by atoms with Crippen LogP contribution in [-0.2, 0) is 9.53 Å². The Morgan fingerprint density at radius 3 is 2.89 bits per heavy atom. The monoisotopic (exact) mass is 254 g/mol. The molecule has 2 heterocycles. The van der Waals surface area contributed by atoms with E-state index in [1.807, 2.05) is 11.8 Å². The van der Waals surface area contributed by atoms with Crippen molar-refractivity contribution in [2.45, 2.75) is 51.7 Å². The molecule has 1 N–H and O–H groups in total. The Kier molecular flexibility index (Phi) is 5.01. The summed E-state index contributed by atoms with van der Waals surface area (Å²) in [5.74, 6) is 0.514. The van der Waals surface area contributed by atoms with Crippen LogP contribution >= 0.6 is 0 Å². The molecule has 0 aliphatic carbocycles. The molecule has 3 atom stereocenters. The van der Waals surface area contributed by atoms with E-state index in [1.165, 1.54) is 0 Å². The maximum atomic E-state index is 12.4. The van der Waals surface area contributed by atoms with E-state index in [2.05, 4.69) is 12.2 Å². The second-order valence-corrected chi connectivity index (χ2v) is 5.59. The van der Waals surface area contributed by atoms with E-state index in [-0.39, 0.29) is 12.0 Å². The molecular formula is C14H26N2O2. The highest BCUT2D eigenvalue weighted by atomic mass is 16.5. The van der Waals surface area contributed by atoms with Gasteiger partial charge in [0.25, 0.3) is 0 Å². The number of nitrogens with zero attached hydrogens (tertiary/aromatic N) is 1. The summed E-state index contributed by atoms with van der Waals surface area (Å²) in [6.07, 6.45) is 4.56. The van der Waals surface area contributed by atoms with Gasteiger partial charge in [0.1, 0.15) is 0 Å². The van der Waals surface area contributed by atoms with Gasteiger partial charge in [-0.05, 0) is 39.5 Å². The zero-order valence-electron chi connectivity index (χ0n) is 11.7. The van der Waals surface area contributed by atoms with E-state index in [9.17, 15) is 4.79 Å². The minimum Gasteiger partial charge on any atom is -0.377 e. The van der Waals surface area contributed by atoms with Crippen molar-refractivity contribution in [3.05, 3.63) is 0 Å². The molecule has 0 aromatic heterocycles. The van der Waals surface area contributed by atoms with Crippen molar-refractivity contribution in [3.63, 3.8) is 0 Å². The van der Waals surface area contributed by atoms with Crippen LogP contribution in [0.15, 0.2) is 0 Å². The molecule has 2 aliphatic heterocycles. The molecule has 0 aromatic carbocycles. The summed E-state index contributed by atoms with van der Waals surface area (Å²) in [5.41, 5.74) is 0. The first kappa shape index (κ1) is 13.8. The highest BCUT2D eigenvalue weighted by Gasteiger charge is 2.30. The summed E-state index contributed by atoms with van der Waals surface area (Å²) in [7, 11) is 0. The van der Waals surface area contributed by atoms with E-state index in [1.54, 1.807) is 0 Å². The molecule has 2 rings (SSSR count). The first-order valence-electron chi connectivity index (χ1n) is 7.34. The predicted molar refractivity (Wildman–Crippen MR) is 71.4 cm³/mol. The summed E-state index contributed by atoms with van der Waals surface area (Å²) in [5, 5.41) is 3.41. The standard InChI is InChI=1S/C14H26N2O2/c1-3-18-13-5-4-8-16(10-13)14(17)12-7-6-11(2)15-9-12/h11-13,15H,3-10H2,1-2H3. The molecule has 0 saturated carbocycles. The second-order valence-electron chi connectivity index (χ2n) is 5.59. The van der Waals surface area contributed by atoms with Crippen molar-refractivity contribution in [3.8, 4) is 0 Å². The molecule has 2 fully saturated rings. The van der Waals surface area contributed by atoms with Crippen LogP contribution in [0, 0.1) is 5.92 Å². The molecule has 4 nitrogen and oxygen atoms in total. The van der Waals surface area contributed by atoms with Crippen LogP contribution in [0.5, 0.6) is 0 Å². The molecule has 0 aromatic rings. The third-order valence-corrected chi connectivity index (χ3v) is 4.10. The lowest BCUT2D eigenvalue weighted by molar-refractivity contribution is -0.140. The highest BCUT2D eigenvalue weighted by molar-refractivity contribution is 5.79. The zero-order chi connectivity index (χ0) is 13.0. The molecule has 18 heavy (non-hydrogen) atoms. The number of piperidine rings is 2. The summed E-state index contributed by atoms with van der Waals surface area (Å²) >= 11 is 0. The van der Waals surface area contributed by atoms with Gasteiger partial charge in [-0.2, -0.15) is 0 Å². The maximum Gasteiger partial charge on any atom is 0.227 e. The van der Waals surface area contributed by atoms with Gasteiger partial charge in [-0.25, -0.2) is 0 Å². The van der Waals surface area contributed by atoms with E-state index < -0.39 is 0 Å². The number of hydrogen-bond acceptors (Lipinski definition) is 3. The fourth-order valence-electron chi connectivity index (χ4n) is 2.98. The minimum atomic E-state index is 0.182. The van der Waals surface area contributed by atoms with Gasteiger partial charge < -0.3 is 15.0 Å².